The van der Waals surface area contributed by atoms with Crippen molar-refractivity contribution in [1.29, 1.82) is 0 Å². The zero-order chi connectivity index (χ0) is 28.9. The molecule has 3 rings (SSSR count). The Morgan fingerprint density at radius 3 is 2.56 bits per heavy atom. The van der Waals surface area contributed by atoms with Gasteiger partial charge in [-0.15, -0.1) is 0 Å². The van der Waals surface area contributed by atoms with E-state index in [1.54, 1.807) is 17.1 Å². The first-order chi connectivity index (χ1) is 18.7. The monoisotopic (exact) mass is 537 g/mol. The van der Waals surface area contributed by atoms with E-state index in [-0.39, 0.29) is 20.8 Å². The Labute approximate surface area is 238 Å². The molecule has 2 N–H and O–H groups in total. The second-order valence-corrected chi connectivity index (χ2v) is 9.95. The molecule has 0 saturated heterocycles. The van der Waals surface area contributed by atoms with E-state index >= 15 is 0 Å². The molecule has 39 heavy (non-hydrogen) atoms. The number of allylic oxidation sites excluding steroid dienone is 1. The zero-order valence-electron chi connectivity index (χ0n) is 25.2. The quantitative estimate of drug-likeness (QED) is 0.316. The molecule has 0 spiro atoms. The van der Waals surface area contributed by atoms with Gasteiger partial charge >= 0.3 is 0 Å². The molecule has 0 bridgehead atoms. The van der Waals surface area contributed by atoms with Crippen molar-refractivity contribution >= 4 is 23.5 Å². The number of amides is 1. The Bertz CT molecular complexity index is 1200. The number of anilines is 1. The van der Waals surface area contributed by atoms with E-state index in [0.717, 1.165) is 34.8 Å². The maximum absolute atomic E-state index is 12.9. The van der Waals surface area contributed by atoms with Crippen molar-refractivity contribution in [1.82, 2.24) is 20.0 Å². The molecular weight excluding hydrogens is 486 g/mol. The molecule has 1 aromatic heterocycles. The van der Waals surface area contributed by atoms with Crippen molar-refractivity contribution in [3.63, 3.8) is 0 Å². The molecule has 2 aromatic rings. The number of carbonyl (C=O) groups excluding carboxylic acids is 1. The van der Waals surface area contributed by atoms with Crippen LogP contribution in [0.5, 0.6) is 0 Å². The topological polar surface area (TPSA) is 86.9 Å². The summed E-state index contributed by atoms with van der Waals surface area (Å²) in [5.41, 5.74) is 5.56. The van der Waals surface area contributed by atoms with Crippen LogP contribution in [-0.4, -0.2) is 52.1 Å². The summed E-state index contributed by atoms with van der Waals surface area (Å²) in [4.78, 5) is 24.3. The van der Waals surface area contributed by atoms with Crippen LogP contribution in [0.2, 0.25) is 0 Å². The molecule has 216 valence electrons. The number of carbonyl (C=O) groups is 1. The van der Waals surface area contributed by atoms with Gasteiger partial charge in [-0.1, -0.05) is 39.8 Å². The largest absolute Gasteiger partial charge is 0.379 e. The van der Waals surface area contributed by atoms with E-state index in [4.69, 9.17) is 4.99 Å². The molecule has 1 aliphatic rings. The maximum atomic E-state index is 12.9. The molecule has 8 heteroatoms. The van der Waals surface area contributed by atoms with Crippen molar-refractivity contribution < 1.29 is 7.65 Å². The summed E-state index contributed by atoms with van der Waals surface area (Å²) >= 11 is 0. The van der Waals surface area contributed by atoms with E-state index in [1.165, 1.54) is 0 Å². The van der Waals surface area contributed by atoms with Crippen LogP contribution in [-0.2, 0) is 11.8 Å². The van der Waals surface area contributed by atoms with Gasteiger partial charge in [0.25, 0.3) is 5.91 Å². The van der Waals surface area contributed by atoms with Crippen molar-refractivity contribution in [2.75, 3.05) is 18.9 Å². The smallest absolute Gasteiger partial charge is 0.253 e. The van der Waals surface area contributed by atoms with E-state index in [9.17, 15) is 4.79 Å². The summed E-state index contributed by atoms with van der Waals surface area (Å²) in [5.74, 6) is 0.236. The normalized spacial score (nSPS) is 15.3. The van der Waals surface area contributed by atoms with Crippen molar-refractivity contribution in [3.8, 4) is 0 Å². The molecule has 0 fully saturated rings. The van der Waals surface area contributed by atoms with Gasteiger partial charge in [-0.2, -0.15) is 5.10 Å². The van der Waals surface area contributed by atoms with Gasteiger partial charge in [-0.3, -0.25) is 19.5 Å². The van der Waals surface area contributed by atoms with Crippen LogP contribution in [0.1, 0.15) is 81.3 Å². The SMILES string of the molecule is CC.CCN(C)/C=C(/N=CC(C)N[C@@H](C)c1cccc(NC(=O)C2=CN=C(c3cnn(C)c3)CC2)c1)C(C)C.[HH].[HH]. The molecule has 0 aliphatic carbocycles. The fourth-order valence-corrected chi connectivity index (χ4v) is 3.98. The summed E-state index contributed by atoms with van der Waals surface area (Å²) < 4.78 is 1.76. The number of nitrogens with zero attached hydrogens (tertiary/aromatic N) is 5. The highest BCUT2D eigenvalue weighted by Crippen LogP contribution is 2.21. The third-order valence-electron chi connectivity index (χ3n) is 6.38. The van der Waals surface area contributed by atoms with Crippen molar-refractivity contribution in [3.05, 3.63) is 71.5 Å². The first-order valence-corrected chi connectivity index (χ1v) is 14.0. The molecule has 8 nitrogen and oxygen atoms in total. The lowest BCUT2D eigenvalue weighted by Gasteiger charge is -2.19. The summed E-state index contributed by atoms with van der Waals surface area (Å²) in [5, 5.41) is 10.8. The maximum Gasteiger partial charge on any atom is 0.253 e. The Kier molecular flexibility index (Phi) is 12.8. The van der Waals surface area contributed by atoms with Crippen LogP contribution in [0.15, 0.2) is 70.3 Å². The number of nitrogens with one attached hydrogen (secondary N) is 2. The average molecular weight is 538 g/mol. The predicted molar refractivity (Wildman–Crippen MR) is 168 cm³/mol. The van der Waals surface area contributed by atoms with Crippen LogP contribution < -0.4 is 10.6 Å². The highest BCUT2D eigenvalue weighted by molar-refractivity contribution is 6.07. The van der Waals surface area contributed by atoms with Crippen molar-refractivity contribution in [2.45, 2.75) is 73.4 Å². The Hall–Kier alpha value is -3.52. The number of hydrogen-bond acceptors (Lipinski definition) is 6. The van der Waals surface area contributed by atoms with Crippen molar-refractivity contribution in [2.24, 2.45) is 23.0 Å². The van der Waals surface area contributed by atoms with Gasteiger partial charge in [0.05, 0.1) is 17.6 Å². The van der Waals surface area contributed by atoms with Crippen LogP contribution in [0, 0.1) is 5.92 Å². The fraction of sp³-hybridized carbons (Fsp3) is 0.484. The van der Waals surface area contributed by atoms with Gasteiger partial charge in [-0.05, 0) is 57.2 Å². The van der Waals surface area contributed by atoms with Gasteiger partial charge < -0.3 is 15.5 Å². The highest BCUT2D eigenvalue weighted by atomic mass is 16.1. The van der Waals surface area contributed by atoms with Crippen LogP contribution in [0.3, 0.4) is 0 Å². The zero-order valence-corrected chi connectivity index (χ0v) is 25.2. The lowest BCUT2D eigenvalue weighted by atomic mass is 10.0. The van der Waals surface area contributed by atoms with Gasteiger partial charge in [-0.25, -0.2) is 0 Å². The van der Waals surface area contributed by atoms with Gasteiger partial charge in [0.15, 0.2) is 0 Å². The Morgan fingerprint density at radius 1 is 1.23 bits per heavy atom. The molecule has 2 heterocycles. The number of benzene rings is 1. The first kappa shape index (κ1) is 31.7. The molecular formula is C31H51N7O. The lowest BCUT2D eigenvalue weighted by molar-refractivity contribution is -0.113. The third-order valence-corrected chi connectivity index (χ3v) is 6.38. The summed E-state index contributed by atoms with van der Waals surface area (Å²) in [6.45, 7) is 15.6. The van der Waals surface area contributed by atoms with E-state index in [1.807, 2.05) is 51.5 Å². The minimum absolute atomic E-state index is 0. The average Bonchev–Trinajstić information content (AvgIpc) is 3.38. The second kappa shape index (κ2) is 15.8. The number of aryl methyl sites for hydroxylation is 1. The first-order valence-electron chi connectivity index (χ1n) is 14.0. The predicted octanol–water partition coefficient (Wildman–Crippen LogP) is 6.60. The van der Waals surface area contributed by atoms with Crippen LogP contribution in [0.25, 0.3) is 0 Å². The van der Waals surface area contributed by atoms with Crippen LogP contribution in [0.4, 0.5) is 5.69 Å². The summed E-state index contributed by atoms with van der Waals surface area (Å²) in [6, 6.07) is 8.14. The summed E-state index contributed by atoms with van der Waals surface area (Å²) in [6.07, 6.45) is 10.9. The number of hydrogen-bond donors (Lipinski definition) is 2. The molecule has 1 amide bonds. The Morgan fingerprint density at radius 2 is 1.97 bits per heavy atom. The van der Waals surface area contributed by atoms with Gasteiger partial charge in [0.2, 0.25) is 0 Å². The minimum atomic E-state index is -0.114. The van der Waals surface area contributed by atoms with E-state index < -0.39 is 0 Å². The van der Waals surface area contributed by atoms with E-state index in [2.05, 4.69) is 79.6 Å². The molecule has 0 saturated carbocycles. The molecule has 1 aliphatic heterocycles. The van der Waals surface area contributed by atoms with Crippen LogP contribution >= 0.6 is 0 Å². The molecule has 2 atom stereocenters. The second-order valence-electron chi connectivity index (χ2n) is 9.95. The fourth-order valence-electron chi connectivity index (χ4n) is 3.98. The number of rotatable bonds is 11. The highest BCUT2D eigenvalue weighted by Gasteiger charge is 2.17. The molecule has 1 unspecified atom stereocenters. The van der Waals surface area contributed by atoms with E-state index in [0.29, 0.717) is 24.3 Å². The summed E-state index contributed by atoms with van der Waals surface area (Å²) in [7, 11) is 3.94. The standard InChI is InChI=1S/C29H41N7O.C2H6.2H2/c1-8-35(6)19-28(20(2)3)30-15-21(4)33-22(5)23-10-9-11-26(14-23)34-29(37)24-12-13-27(31-16-24)25-17-32-36(7)18-25;1-2;;/h9-11,14-22,33H,8,12-13H2,1-7H3,(H,34,37);1-2H3;2*1H/b28-19+,30-15?;;;/t21?,22-;;;/m0.../s1. The third kappa shape index (κ3) is 9.94. The molecule has 1 aromatic carbocycles. The van der Waals surface area contributed by atoms with Gasteiger partial charge in [0, 0.05) is 77.2 Å². The Balaban J connectivity index is 0.00000391. The number of aromatic nitrogens is 2. The van der Waals surface area contributed by atoms with Gasteiger partial charge in [0.1, 0.15) is 0 Å². The number of aliphatic imine (C=N–C) groups is 2. The minimum Gasteiger partial charge on any atom is -0.379 e. The lowest BCUT2D eigenvalue weighted by Crippen LogP contribution is -2.30. The molecule has 0 radical (unpaired) electrons.